The predicted octanol–water partition coefficient (Wildman–Crippen LogP) is 2.98. The van der Waals surface area contributed by atoms with Crippen LogP contribution in [-0.4, -0.2) is 229 Å². The topological polar surface area (TPSA) is 553 Å². The van der Waals surface area contributed by atoms with Gasteiger partial charge in [0.1, 0.15) is 67.0 Å². The van der Waals surface area contributed by atoms with Crippen LogP contribution in [0.15, 0.2) is 19.0 Å². The Hall–Kier alpha value is -7.19. The molecule has 0 amide bonds. The Morgan fingerprint density at radius 1 is 0.557 bits per heavy atom. The number of halogens is 3. The van der Waals surface area contributed by atoms with Gasteiger partial charge < -0.3 is 75.3 Å². The van der Waals surface area contributed by atoms with Gasteiger partial charge in [-0.2, -0.15) is 43.1 Å². The Labute approximate surface area is 602 Å². The molecule has 18 atom stereocenters. The molecule has 3 unspecified atom stereocenters. The number of imidazole rings is 3. The van der Waals surface area contributed by atoms with Crippen LogP contribution >= 0.6 is 23.1 Å². The van der Waals surface area contributed by atoms with E-state index in [1.165, 1.54) is 32.7 Å². The summed E-state index contributed by atoms with van der Waals surface area (Å²) in [6.45, 7) is 16.7. The van der Waals surface area contributed by atoms with Gasteiger partial charge in [0.25, 0.3) is 0 Å². The number of aromatic nitrogens is 12. The van der Waals surface area contributed by atoms with Gasteiger partial charge in [-0.3, -0.25) is 55.3 Å². The fraction of sp³-hybridized carbons (Fsp3) is 0.678. The van der Waals surface area contributed by atoms with Crippen molar-refractivity contribution < 1.29 is 127 Å². The number of rotatable bonds is 28. The number of nitrogens with one attached hydrogen (secondary N) is 2. The number of anilines is 3. The minimum atomic E-state index is -4.20. The summed E-state index contributed by atoms with van der Waals surface area (Å²) in [5.41, 5.74) is 17.3. The molecule has 0 bridgehead atoms. The van der Waals surface area contributed by atoms with E-state index < -0.39 is 176 Å². The summed E-state index contributed by atoms with van der Waals surface area (Å²) in [5, 5.41) is 48.4. The largest absolute Gasteiger partial charge is 0.466 e. The van der Waals surface area contributed by atoms with Gasteiger partial charge in [-0.05, 0) is 64.7 Å². The van der Waals surface area contributed by atoms with E-state index in [0.717, 1.165) is 0 Å². The van der Waals surface area contributed by atoms with Gasteiger partial charge in [0.2, 0.25) is 0 Å². The maximum atomic E-state index is 13.8. The quantitative estimate of drug-likeness (QED) is 0.0147. The summed E-state index contributed by atoms with van der Waals surface area (Å²) in [6, 6.07) is -1.86. The Balaban J connectivity index is 0.000000185. The van der Waals surface area contributed by atoms with Gasteiger partial charge >= 0.3 is 65.2 Å². The van der Waals surface area contributed by atoms with Gasteiger partial charge in [0.05, 0.1) is 77.3 Å². The summed E-state index contributed by atoms with van der Waals surface area (Å²) in [6.07, 6.45) is -13.2. The number of nitrogens with two attached hydrogens (primary N) is 3. The average molecular weight is 1570 g/mol. The van der Waals surface area contributed by atoms with E-state index in [1.54, 1.807) is 27.7 Å². The third kappa shape index (κ3) is 19.6. The Kier molecular flexibility index (Phi) is 27.7. The molecule has 0 aromatic carbocycles. The van der Waals surface area contributed by atoms with E-state index in [1.807, 2.05) is 41.5 Å². The molecule has 0 saturated carbocycles. The SMILES string of the molecule is CCOC(=O)COP(=O)(C[C@@H](CC(C)C)C(=O)OCC)OC[C@H]1O[C@@H](n2cnc3c(N)nc(F)nc32)[C@@H](O)[C@@H]1O.CCOC(=O)[C@H](CC(C)C)NP1(=O)OC[C@H]2O[C@@H](n3cnc4c(N)nc(F)nc43)[C@@H](O)[C@@H]2O1.CCOC(=O)[C@H](CC(C)C)NP1(=O)OC[C@H]2O[C@@H](n3cnc4c(N)nc(F)nc43)[C@@H](O)[C@@H]2O1. The number of nitrogen functional groups attached to an aromatic ring is 3. The van der Waals surface area contributed by atoms with E-state index in [0.29, 0.717) is 19.3 Å². The summed E-state index contributed by atoms with van der Waals surface area (Å²) < 4.78 is 156. The predicted molar refractivity (Wildman–Crippen MR) is 358 cm³/mol. The Bertz CT molecular complexity index is 4060. The third-order valence-electron chi connectivity index (χ3n) is 16.5. The molecule has 11 rings (SSSR count). The zero-order valence-corrected chi connectivity index (χ0v) is 61.8. The number of ether oxygens (including phenoxy) is 7. The molecule has 0 spiro atoms. The van der Waals surface area contributed by atoms with Crippen molar-refractivity contribution in [3.05, 3.63) is 37.2 Å². The maximum Gasteiger partial charge on any atom is 0.406 e. The molecule has 5 fully saturated rings. The lowest BCUT2D eigenvalue weighted by molar-refractivity contribution is -0.148. The molecule has 0 aliphatic carbocycles. The van der Waals surface area contributed by atoms with Crippen LogP contribution in [0.5, 0.6) is 0 Å². The maximum absolute atomic E-state index is 13.8. The van der Waals surface area contributed by atoms with E-state index in [9.17, 15) is 66.5 Å². The fourth-order valence-corrected chi connectivity index (χ4v) is 17.1. The molecule has 5 saturated heterocycles. The number of carbonyl (C=O) groups is 4. The van der Waals surface area contributed by atoms with Crippen molar-refractivity contribution >= 4 is 97.9 Å². The molecular weight excluding hydrogens is 1480 g/mol. The molecule has 11 heterocycles. The van der Waals surface area contributed by atoms with Crippen LogP contribution in [0.1, 0.15) is 107 Å². The van der Waals surface area contributed by atoms with E-state index >= 15 is 0 Å². The number of aliphatic hydroxyl groups excluding tert-OH is 4. The zero-order chi connectivity index (χ0) is 77.4. The standard InChI is InChI=1S/C23H35FN5O10P.2C18H26FN6O7P/c1-5-35-15(30)9-38-40(34,10-13(7-12(3)4)22(33)36-6-2)37-8-14-17(31)18(32)21(39-14)29-11-26-16-19(25)27-23(24)28-20(16)29;2*1-4-29-17(27)9(5-8(2)3)24-33(28)30-6-10-13(32-33)12(26)16(31-10)25-7-21-11-14(20)22-18(19)23-15(11)25/h11-14,17-18,21,31-32H,5-10H2,1-4H3,(H2,25,27,28);2*7-10,12-13,16,26H,4-6H2,1-3H3,(H,24,28)(H2,20,22,23)/t13-,14-,17-,18+,21-,40?;2*9-,10+,12-,13+,16+,33?/m100/s1. The number of hydrogen-bond acceptors (Lipinski definition) is 36. The van der Waals surface area contributed by atoms with Gasteiger partial charge in [-0.1, -0.05) is 41.5 Å². The number of esters is 4. The lowest BCUT2D eigenvalue weighted by Gasteiger charge is -2.33. The van der Waals surface area contributed by atoms with Crippen LogP contribution in [-0.2, 0) is 93.2 Å². The highest BCUT2D eigenvalue weighted by Gasteiger charge is 2.56. The summed E-state index contributed by atoms with van der Waals surface area (Å²) in [4.78, 5) is 82.5. The molecular formula is C59H87F3N17O24P3. The molecule has 5 aliphatic rings. The summed E-state index contributed by atoms with van der Waals surface area (Å²) in [7, 11) is -12.2. The van der Waals surface area contributed by atoms with E-state index in [2.05, 4.69) is 55.0 Å². The molecule has 12 N–H and O–H groups in total. The number of hydrogen-bond donors (Lipinski definition) is 9. The van der Waals surface area contributed by atoms with Crippen LogP contribution in [0.3, 0.4) is 0 Å². The van der Waals surface area contributed by atoms with Crippen molar-refractivity contribution in [2.45, 2.75) is 174 Å². The van der Waals surface area contributed by atoms with Gasteiger partial charge in [0.15, 0.2) is 76.2 Å². The van der Waals surface area contributed by atoms with Crippen LogP contribution in [0.25, 0.3) is 33.5 Å². The fourth-order valence-electron chi connectivity index (χ4n) is 11.9. The third-order valence-corrected chi connectivity index (χ3v) is 21.7. The molecule has 5 aliphatic heterocycles. The van der Waals surface area contributed by atoms with Crippen molar-refractivity contribution in [1.29, 1.82) is 0 Å². The first-order chi connectivity index (χ1) is 50.1. The van der Waals surface area contributed by atoms with Crippen molar-refractivity contribution in [2.24, 2.45) is 23.7 Å². The lowest BCUT2D eigenvalue weighted by atomic mass is 9.99. The molecule has 6 aromatic heterocycles. The van der Waals surface area contributed by atoms with Crippen molar-refractivity contribution in [1.82, 2.24) is 68.7 Å². The minimum absolute atomic E-state index is 0.0178. The second-order valence-corrected chi connectivity index (χ2v) is 31.4. The first kappa shape index (κ1) is 82.9. The highest BCUT2D eigenvalue weighted by molar-refractivity contribution is 7.54. The van der Waals surface area contributed by atoms with Crippen molar-refractivity contribution in [3.63, 3.8) is 0 Å². The van der Waals surface area contributed by atoms with Crippen molar-refractivity contribution in [2.75, 3.05) is 76.2 Å². The number of fused-ring (bicyclic) bond motifs is 5. The second-order valence-electron chi connectivity index (χ2n) is 25.9. The summed E-state index contributed by atoms with van der Waals surface area (Å²) in [5.74, 6) is -3.79. The zero-order valence-electron chi connectivity index (χ0n) is 59.1. The van der Waals surface area contributed by atoms with Crippen LogP contribution in [0.2, 0.25) is 0 Å². The number of carbonyl (C=O) groups excluding carboxylic acids is 4. The molecule has 106 heavy (non-hydrogen) atoms. The van der Waals surface area contributed by atoms with Crippen LogP contribution in [0.4, 0.5) is 30.6 Å². The number of nitrogens with zero attached hydrogens (tertiary/aromatic N) is 12. The highest BCUT2D eigenvalue weighted by Crippen LogP contribution is 2.56. The number of aliphatic hydroxyl groups is 4. The smallest absolute Gasteiger partial charge is 0.406 e. The highest BCUT2D eigenvalue weighted by atomic mass is 31.2. The van der Waals surface area contributed by atoms with Gasteiger partial charge in [-0.25, -0.2) is 39.1 Å². The second kappa shape index (κ2) is 35.4. The lowest BCUT2D eigenvalue weighted by Crippen LogP contribution is -2.45. The Morgan fingerprint density at radius 3 is 1.31 bits per heavy atom. The van der Waals surface area contributed by atoms with E-state index in [-0.39, 0.29) is 108 Å². The first-order valence-corrected chi connectivity index (χ1v) is 38.5. The molecule has 41 nitrogen and oxygen atoms in total. The van der Waals surface area contributed by atoms with Crippen molar-refractivity contribution in [3.8, 4) is 0 Å². The Morgan fingerprint density at radius 2 is 0.934 bits per heavy atom. The van der Waals surface area contributed by atoms with Gasteiger partial charge in [-0.15, -0.1) is 0 Å². The monoisotopic (exact) mass is 1570 g/mol. The normalized spacial score (nSPS) is 27.8. The first-order valence-electron chi connectivity index (χ1n) is 33.7. The molecule has 47 heteroatoms. The molecule has 6 aromatic rings. The summed E-state index contributed by atoms with van der Waals surface area (Å²) >= 11 is 0. The van der Waals surface area contributed by atoms with Gasteiger partial charge in [0, 0.05) is 0 Å². The van der Waals surface area contributed by atoms with Crippen LogP contribution in [0, 0.1) is 41.9 Å². The van der Waals surface area contributed by atoms with E-state index in [4.69, 9.17) is 77.5 Å². The molecule has 0 radical (unpaired) electrons. The molecule has 588 valence electrons. The average Bonchev–Trinajstić information content (AvgIpc) is 1.63. The van der Waals surface area contributed by atoms with Crippen LogP contribution < -0.4 is 27.4 Å². The minimum Gasteiger partial charge on any atom is -0.466 e.